The van der Waals surface area contributed by atoms with Crippen molar-refractivity contribution in [1.29, 1.82) is 0 Å². The summed E-state index contributed by atoms with van der Waals surface area (Å²) in [4.78, 5) is 24.1. The lowest BCUT2D eigenvalue weighted by Gasteiger charge is -2.32. The fraction of sp³-hybridized carbons (Fsp3) is 0.417. The van der Waals surface area contributed by atoms with Crippen molar-refractivity contribution >= 4 is 25.1 Å². The Kier molecular flexibility index (Phi) is 9.91. The highest BCUT2D eigenvalue weighted by Crippen LogP contribution is 2.26. The summed E-state index contributed by atoms with van der Waals surface area (Å²) >= 11 is 0. The van der Waals surface area contributed by atoms with Crippen LogP contribution in [0.4, 0.5) is 4.39 Å². The monoisotopic (exact) mass is 656 g/mol. The molecule has 1 unspecified atom stereocenters. The van der Waals surface area contributed by atoms with Gasteiger partial charge in [-0.15, -0.1) is 5.54 Å². The van der Waals surface area contributed by atoms with E-state index in [1.54, 1.807) is 18.2 Å². The van der Waals surface area contributed by atoms with Crippen LogP contribution in [0.1, 0.15) is 46.7 Å². The number of hydrogen-bond acceptors (Lipinski definition) is 8. The third-order valence-electron chi connectivity index (χ3n) is 8.29. The van der Waals surface area contributed by atoms with E-state index in [9.17, 15) is 9.18 Å². The quantitative estimate of drug-likeness (QED) is 0.117. The lowest BCUT2D eigenvalue weighted by Crippen LogP contribution is -2.39. The minimum atomic E-state index is -1.55. The summed E-state index contributed by atoms with van der Waals surface area (Å²) in [6.07, 6.45) is 2.89. The number of carbonyl (C=O) groups excluding carboxylic acids is 1. The van der Waals surface area contributed by atoms with Crippen molar-refractivity contribution in [2.75, 3.05) is 26.8 Å². The molecule has 1 atom stereocenters. The maximum Gasteiger partial charge on any atom is 0.337 e. The number of methoxy groups -OCH3 is 1. The summed E-state index contributed by atoms with van der Waals surface area (Å²) in [5.41, 5.74) is 6.83. The van der Waals surface area contributed by atoms with E-state index in [0.717, 1.165) is 55.8 Å². The molecule has 11 heteroatoms. The predicted octanol–water partition coefficient (Wildman–Crippen LogP) is 6.00. The summed E-state index contributed by atoms with van der Waals surface area (Å²) in [6.45, 7) is 10.4. The number of hydrogen-bond donors (Lipinski definition) is 0. The molecule has 6 rings (SSSR count). The summed E-state index contributed by atoms with van der Waals surface area (Å²) in [7, 11) is -0.157. The van der Waals surface area contributed by atoms with Gasteiger partial charge in [0.2, 0.25) is 5.88 Å². The SMILES string of the molecule is COC(=O)c1ccc2nc(CN3CCC(Oc4cccc(COc5ccc(C#C[Si](C)(C)C)cc5F)n4)CC3)n(CC3CCO3)c2c1. The van der Waals surface area contributed by atoms with Crippen LogP contribution < -0.4 is 9.47 Å². The molecule has 2 aromatic carbocycles. The Morgan fingerprint density at radius 3 is 2.57 bits per heavy atom. The van der Waals surface area contributed by atoms with Gasteiger partial charge in [-0.2, -0.15) is 0 Å². The molecule has 0 amide bonds. The number of aromatic nitrogens is 3. The first kappa shape index (κ1) is 32.7. The average molecular weight is 657 g/mol. The number of likely N-dealkylation sites (tertiary alicyclic amines) is 1. The minimum Gasteiger partial charge on any atom is -0.484 e. The lowest BCUT2D eigenvalue weighted by molar-refractivity contribution is -0.0592. The molecule has 47 heavy (non-hydrogen) atoms. The van der Waals surface area contributed by atoms with Crippen LogP contribution in [0.5, 0.6) is 11.6 Å². The zero-order chi connectivity index (χ0) is 33.0. The number of fused-ring (bicyclic) bond motifs is 1. The van der Waals surface area contributed by atoms with Gasteiger partial charge in [-0.1, -0.05) is 31.6 Å². The van der Waals surface area contributed by atoms with Crippen LogP contribution in [-0.2, 0) is 29.2 Å². The van der Waals surface area contributed by atoms with Gasteiger partial charge in [0.25, 0.3) is 0 Å². The first-order valence-electron chi connectivity index (χ1n) is 16.1. The van der Waals surface area contributed by atoms with Gasteiger partial charge in [-0.3, -0.25) is 4.90 Å². The molecule has 9 nitrogen and oxygen atoms in total. The van der Waals surface area contributed by atoms with Gasteiger partial charge in [-0.25, -0.2) is 19.2 Å². The maximum absolute atomic E-state index is 14.7. The number of rotatable bonds is 10. The second kappa shape index (κ2) is 14.3. The molecule has 0 radical (unpaired) electrons. The lowest BCUT2D eigenvalue weighted by atomic mass is 10.1. The van der Waals surface area contributed by atoms with Crippen molar-refractivity contribution in [3.63, 3.8) is 0 Å². The molecule has 0 bridgehead atoms. The standard InChI is InChI=1S/C36H41FN4O5Si/c1-43-36(42)26-9-10-31-32(21-26)41(22-29-14-18-44-29)34(39-31)23-40-16-12-28(13-17-40)46-35-7-5-6-27(38-35)24-45-33-11-8-25(20-30(33)37)15-19-47(2,3)4/h5-11,20-21,28-29H,12-14,16-18,22-24H2,1-4H3. The van der Waals surface area contributed by atoms with E-state index in [1.165, 1.54) is 13.2 Å². The highest BCUT2D eigenvalue weighted by atomic mass is 28.3. The van der Waals surface area contributed by atoms with Crippen LogP contribution in [0.15, 0.2) is 54.6 Å². The number of carbonyl (C=O) groups is 1. The van der Waals surface area contributed by atoms with E-state index in [-0.39, 0.29) is 30.5 Å². The van der Waals surface area contributed by atoms with Crippen molar-refractivity contribution in [1.82, 2.24) is 19.4 Å². The first-order chi connectivity index (χ1) is 22.6. The molecular formula is C36H41FN4O5Si. The van der Waals surface area contributed by atoms with Gasteiger partial charge in [0.1, 0.15) is 26.6 Å². The number of halogens is 1. The van der Waals surface area contributed by atoms with Crippen molar-refractivity contribution in [2.24, 2.45) is 0 Å². The van der Waals surface area contributed by atoms with E-state index in [0.29, 0.717) is 35.8 Å². The zero-order valence-electron chi connectivity index (χ0n) is 27.4. The Balaban J connectivity index is 1.04. The summed E-state index contributed by atoms with van der Waals surface area (Å²) in [5, 5.41) is 0. The number of ether oxygens (including phenoxy) is 4. The minimum absolute atomic E-state index is 0.0296. The van der Waals surface area contributed by atoms with Gasteiger partial charge in [0.05, 0.1) is 48.6 Å². The van der Waals surface area contributed by atoms with Crippen molar-refractivity contribution < 1.29 is 28.1 Å². The first-order valence-corrected chi connectivity index (χ1v) is 19.6. The molecule has 4 heterocycles. The molecule has 4 aromatic rings. The smallest absolute Gasteiger partial charge is 0.337 e. The van der Waals surface area contributed by atoms with Crippen LogP contribution in [0.2, 0.25) is 19.6 Å². The summed E-state index contributed by atoms with van der Waals surface area (Å²) in [5.74, 6) is 3.93. The molecule has 2 fully saturated rings. The third kappa shape index (κ3) is 8.38. The fourth-order valence-corrected chi connectivity index (χ4v) is 6.16. The van der Waals surface area contributed by atoms with E-state index in [2.05, 4.69) is 45.6 Å². The van der Waals surface area contributed by atoms with Gasteiger partial charge in [0, 0.05) is 31.3 Å². The summed E-state index contributed by atoms with van der Waals surface area (Å²) < 4.78 is 39.6. The molecule has 2 saturated heterocycles. The Morgan fingerprint density at radius 1 is 1.06 bits per heavy atom. The fourth-order valence-electron chi connectivity index (χ4n) is 5.64. The number of benzene rings is 2. The molecule has 0 N–H and O–H groups in total. The van der Waals surface area contributed by atoms with E-state index < -0.39 is 13.9 Å². The number of esters is 1. The highest BCUT2D eigenvalue weighted by Gasteiger charge is 2.26. The molecule has 0 aliphatic carbocycles. The molecule has 2 aromatic heterocycles. The second-order valence-corrected chi connectivity index (χ2v) is 17.9. The zero-order valence-corrected chi connectivity index (χ0v) is 28.4. The van der Waals surface area contributed by atoms with Crippen molar-refractivity contribution in [3.8, 4) is 23.1 Å². The maximum atomic E-state index is 14.7. The van der Waals surface area contributed by atoms with Crippen LogP contribution in [0.3, 0.4) is 0 Å². The molecule has 0 spiro atoms. The largest absolute Gasteiger partial charge is 0.484 e. The number of nitrogens with zero attached hydrogens (tertiary/aromatic N) is 4. The van der Waals surface area contributed by atoms with Crippen molar-refractivity contribution in [2.45, 2.75) is 70.8 Å². The van der Waals surface area contributed by atoms with E-state index >= 15 is 0 Å². The topological polar surface area (TPSA) is 87.9 Å². The van der Waals surface area contributed by atoms with Gasteiger partial charge in [-0.05, 0) is 61.7 Å². The molecule has 2 aliphatic rings. The van der Waals surface area contributed by atoms with E-state index in [4.69, 9.17) is 23.9 Å². The molecular weight excluding hydrogens is 616 g/mol. The summed E-state index contributed by atoms with van der Waals surface area (Å²) in [6, 6.07) is 15.9. The molecule has 0 saturated carbocycles. The van der Waals surface area contributed by atoms with Crippen LogP contribution in [-0.4, -0.2) is 72.5 Å². The Hall–Kier alpha value is -4.24. The third-order valence-corrected chi connectivity index (χ3v) is 9.16. The number of piperidine rings is 1. The Labute approximate surface area is 276 Å². The Bertz CT molecular complexity index is 1800. The molecule has 246 valence electrons. The normalized spacial score (nSPS) is 17.1. The number of imidazole rings is 1. The van der Waals surface area contributed by atoms with Gasteiger partial charge >= 0.3 is 5.97 Å². The Morgan fingerprint density at radius 2 is 1.87 bits per heavy atom. The van der Waals surface area contributed by atoms with Gasteiger partial charge < -0.3 is 23.5 Å². The van der Waals surface area contributed by atoms with Crippen molar-refractivity contribution in [3.05, 3.63) is 83.1 Å². The number of pyridine rings is 1. The van der Waals surface area contributed by atoms with Crippen LogP contribution in [0.25, 0.3) is 11.0 Å². The predicted molar refractivity (Wildman–Crippen MR) is 180 cm³/mol. The van der Waals surface area contributed by atoms with Crippen LogP contribution >= 0.6 is 0 Å². The molecule has 2 aliphatic heterocycles. The highest BCUT2D eigenvalue weighted by molar-refractivity contribution is 6.83. The van der Waals surface area contributed by atoms with Gasteiger partial charge in [0.15, 0.2) is 11.6 Å². The second-order valence-electron chi connectivity index (χ2n) is 13.1. The average Bonchev–Trinajstić information content (AvgIpc) is 3.37. The van der Waals surface area contributed by atoms with Crippen LogP contribution in [0, 0.1) is 17.3 Å². The van der Waals surface area contributed by atoms with E-state index in [1.807, 2.05) is 30.3 Å².